The number of carbonyl (C=O) groups is 1. The molecule has 1 fully saturated rings. The number of carbonyl (C=O) groups excluding carboxylic acids is 1. The molecule has 0 spiro atoms. The second-order valence-electron chi connectivity index (χ2n) is 6.41. The van der Waals surface area contributed by atoms with Crippen molar-refractivity contribution in [1.82, 2.24) is 14.9 Å². The van der Waals surface area contributed by atoms with Crippen LogP contribution in [0.5, 0.6) is 0 Å². The number of aromatic nitrogens is 2. The minimum atomic E-state index is 0.144. The van der Waals surface area contributed by atoms with Crippen molar-refractivity contribution < 1.29 is 4.79 Å². The molecule has 1 amide bonds. The van der Waals surface area contributed by atoms with Crippen LogP contribution in [-0.4, -0.2) is 47.0 Å². The molecule has 3 aromatic heterocycles. The van der Waals surface area contributed by atoms with E-state index >= 15 is 0 Å². The van der Waals surface area contributed by atoms with Crippen LogP contribution < -0.4 is 4.90 Å². The Hall–Kier alpha value is -1.51. The van der Waals surface area contributed by atoms with Crippen molar-refractivity contribution in [2.45, 2.75) is 32.6 Å². The fourth-order valence-corrected chi connectivity index (χ4v) is 6.49. The first kappa shape index (κ1) is 17.9. The van der Waals surface area contributed by atoms with E-state index in [0.29, 0.717) is 5.92 Å². The molecule has 1 unspecified atom stereocenters. The molecule has 138 valence electrons. The highest BCUT2D eigenvalue weighted by atomic mass is 32.1. The van der Waals surface area contributed by atoms with Gasteiger partial charge in [0.2, 0.25) is 0 Å². The summed E-state index contributed by atoms with van der Waals surface area (Å²) in [4.78, 5) is 28.2. The summed E-state index contributed by atoms with van der Waals surface area (Å²) in [6, 6.07) is 2.03. The number of amides is 1. The molecular formula is C18H22N4OS3. The van der Waals surface area contributed by atoms with E-state index in [4.69, 9.17) is 4.98 Å². The molecular weight excluding hydrogens is 384 g/mol. The maximum absolute atomic E-state index is 13.0. The number of thiazole rings is 2. The van der Waals surface area contributed by atoms with Gasteiger partial charge in [0.1, 0.15) is 4.83 Å². The number of hydrogen-bond donors (Lipinski definition) is 0. The highest BCUT2D eigenvalue weighted by Gasteiger charge is 2.28. The second-order valence-corrected chi connectivity index (χ2v) is 9.38. The summed E-state index contributed by atoms with van der Waals surface area (Å²) in [5, 5.41) is 4.22. The summed E-state index contributed by atoms with van der Waals surface area (Å²) in [6.07, 6.45) is 4.01. The fourth-order valence-electron chi connectivity index (χ4n) is 3.41. The zero-order valence-corrected chi connectivity index (χ0v) is 17.4. The number of thiophene rings is 1. The number of nitrogens with zero attached hydrogens (tertiary/aromatic N) is 4. The zero-order chi connectivity index (χ0) is 18.1. The van der Waals surface area contributed by atoms with Crippen molar-refractivity contribution in [3.05, 3.63) is 27.5 Å². The maximum Gasteiger partial charge on any atom is 0.264 e. The predicted molar refractivity (Wildman–Crippen MR) is 111 cm³/mol. The lowest BCUT2D eigenvalue weighted by molar-refractivity contribution is 0.0712. The van der Waals surface area contributed by atoms with Crippen LogP contribution in [0.3, 0.4) is 0 Å². The molecule has 1 saturated heterocycles. The molecule has 5 nitrogen and oxygen atoms in total. The van der Waals surface area contributed by atoms with Gasteiger partial charge in [0.25, 0.3) is 5.91 Å². The van der Waals surface area contributed by atoms with Crippen LogP contribution >= 0.6 is 34.0 Å². The molecule has 4 heterocycles. The molecule has 8 heteroatoms. The van der Waals surface area contributed by atoms with Gasteiger partial charge in [0.15, 0.2) is 5.13 Å². The van der Waals surface area contributed by atoms with E-state index in [2.05, 4.69) is 23.7 Å². The van der Waals surface area contributed by atoms with Gasteiger partial charge in [-0.15, -0.1) is 22.7 Å². The highest BCUT2D eigenvalue weighted by molar-refractivity contribution is 7.29. The number of fused-ring (bicyclic) bond motifs is 1. The van der Waals surface area contributed by atoms with Crippen LogP contribution in [0, 0.1) is 0 Å². The minimum absolute atomic E-state index is 0.144. The van der Waals surface area contributed by atoms with Crippen molar-refractivity contribution in [2.75, 3.05) is 31.1 Å². The Labute approximate surface area is 165 Å². The summed E-state index contributed by atoms with van der Waals surface area (Å²) in [6.45, 7) is 7.80. The third-order valence-electron chi connectivity index (χ3n) is 4.83. The summed E-state index contributed by atoms with van der Waals surface area (Å²) in [7, 11) is 0. The van der Waals surface area contributed by atoms with Gasteiger partial charge < -0.3 is 9.80 Å². The molecule has 26 heavy (non-hydrogen) atoms. The molecule has 3 aromatic rings. The fraction of sp³-hybridized carbons (Fsp3) is 0.500. The van der Waals surface area contributed by atoms with E-state index in [1.54, 1.807) is 22.7 Å². The normalized spacial score (nSPS) is 17.8. The Balaban J connectivity index is 1.51. The average molecular weight is 407 g/mol. The maximum atomic E-state index is 13.0. The van der Waals surface area contributed by atoms with E-state index in [1.807, 2.05) is 22.5 Å². The van der Waals surface area contributed by atoms with E-state index in [-0.39, 0.29) is 5.91 Å². The molecule has 0 aromatic carbocycles. The van der Waals surface area contributed by atoms with Gasteiger partial charge >= 0.3 is 0 Å². The molecule has 0 radical (unpaired) electrons. The Kier molecular flexibility index (Phi) is 5.24. The largest absolute Gasteiger partial charge is 0.349 e. The molecule has 0 aliphatic carbocycles. The molecule has 1 atom stereocenters. The number of piperidine rings is 1. The van der Waals surface area contributed by atoms with Crippen LogP contribution in [0.4, 0.5) is 5.13 Å². The van der Waals surface area contributed by atoms with Crippen molar-refractivity contribution in [3.63, 3.8) is 0 Å². The van der Waals surface area contributed by atoms with Crippen LogP contribution in [0.1, 0.15) is 47.3 Å². The smallest absolute Gasteiger partial charge is 0.264 e. The standard InChI is InChI=1S/C18H22N4OS3/c1-3-21(4-2)18-20-16-13(26-18)10-14(25-16)17(23)22-8-5-6-12(11-22)15-19-7-9-24-15/h7,9-10,12H,3-6,8,11H2,1-2H3. The predicted octanol–water partition coefficient (Wildman–Crippen LogP) is 4.68. The first-order valence-electron chi connectivity index (χ1n) is 9.03. The number of hydrogen-bond acceptors (Lipinski definition) is 7. The summed E-state index contributed by atoms with van der Waals surface area (Å²) < 4.78 is 1.12. The lowest BCUT2D eigenvalue weighted by atomic mass is 9.98. The Bertz CT molecular complexity index is 850. The monoisotopic (exact) mass is 406 g/mol. The van der Waals surface area contributed by atoms with Crippen LogP contribution in [0.15, 0.2) is 17.6 Å². The third-order valence-corrected chi connectivity index (χ3v) is 7.98. The number of anilines is 1. The van der Waals surface area contributed by atoms with Crippen molar-refractivity contribution in [1.29, 1.82) is 0 Å². The molecule has 4 rings (SSSR count). The van der Waals surface area contributed by atoms with E-state index < -0.39 is 0 Å². The van der Waals surface area contributed by atoms with Gasteiger partial charge in [0, 0.05) is 43.7 Å². The first-order chi connectivity index (χ1) is 12.7. The van der Waals surface area contributed by atoms with Crippen LogP contribution in [0.25, 0.3) is 9.53 Å². The van der Waals surface area contributed by atoms with Gasteiger partial charge in [-0.2, -0.15) is 0 Å². The van der Waals surface area contributed by atoms with Gasteiger partial charge in [-0.05, 0) is 32.8 Å². The van der Waals surface area contributed by atoms with Gasteiger partial charge in [-0.1, -0.05) is 11.3 Å². The number of likely N-dealkylation sites (tertiary alicyclic amines) is 1. The minimum Gasteiger partial charge on any atom is -0.349 e. The quantitative estimate of drug-likeness (QED) is 0.617. The van der Waals surface area contributed by atoms with Gasteiger partial charge in [-0.25, -0.2) is 9.97 Å². The molecule has 1 aliphatic heterocycles. The molecule has 0 N–H and O–H groups in total. The summed E-state index contributed by atoms with van der Waals surface area (Å²) in [5.41, 5.74) is 0. The highest BCUT2D eigenvalue weighted by Crippen LogP contribution is 2.36. The Morgan fingerprint density at radius 3 is 2.88 bits per heavy atom. The van der Waals surface area contributed by atoms with Crippen molar-refractivity contribution in [3.8, 4) is 0 Å². The van der Waals surface area contributed by atoms with Gasteiger partial charge in [-0.3, -0.25) is 4.79 Å². The second kappa shape index (κ2) is 7.62. The van der Waals surface area contributed by atoms with E-state index in [9.17, 15) is 4.79 Å². The zero-order valence-electron chi connectivity index (χ0n) is 15.0. The summed E-state index contributed by atoms with van der Waals surface area (Å²) >= 11 is 4.90. The van der Waals surface area contributed by atoms with Gasteiger partial charge in [0.05, 0.1) is 14.6 Å². The van der Waals surface area contributed by atoms with Crippen LogP contribution in [-0.2, 0) is 0 Å². The number of rotatable bonds is 5. The lowest BCUT2D eigenvalue weighted by Crippen LogP contribution is -2.38. The van der Waals surface area contributed by atoms with Crippen LogP contribution in [0.2, 0.25) is 0 Å². The SMILES string of the molecule is CCN(CC)c1nc2sc(C(=O)N3CCCC(c4nccs4)C3)cc2s1. The van der Waals surface area contributed by atoms with Crippen molar-refractivity contribution >= 4 is 54.6 Å². The first-order valence-corrected chi connectivity index (χ1v) is 11.5. The lowest BCUT2D eigenvalue weighted by Gasteiger charge is -2.31. The molecule has 1 aliphatic rings. The third kappa shape index (κ3) is 3.37. The average Bonchev–Trinajstić information content (AvgIpc) is 3.38. The van der Waals surface area contributed by atoms with E-state index in [1.165, 1.54) is 11.3 Å². The van der Waals surface area contributed by atoms with Crippen molar-refractivity contribution in [2.24, 2.45) is 0 Å². The Morgan fingerprint density at radius 2 is 2.19 bits per heavy atom. The topological polar surface area (TPSA) is 49.3 Å². The Morgan fingerprint density at radius 1 is 1.35 bits per heavy atom. The molecule has 0 bridgehead atoms. The summed E-state index contributed by atoms with van der Waals surface area (Å²) in [5.74, 6) is 0.520. The molecule has 0 saturated carbocycles. The van der Waals surface area contributed by atoms with E-state index in [0.717, 1.165) is 63.6 Å².